The van der Waals surface area contributed by atoms with Gasteiger partial charge in [-0.15, -0.1) is 0 Å². The molecular formula is C22H18F4N2O5S. The summed E-state index contributed by atoms with van der Waals surface area (Å²) in [5.41, 5.74) is -5.51. The molecule has 3 rings (SSSR count). The van der Waals surface area contributed by atoms with Crippen LogP contribution in [-0.2, 0) is 15.8 Å². The van der Waals surface area contributed by atoms with Gasteiger partial charge in [0.05, 0.1) is 21.9 Å². The molecule has 1 unspecified atom stereocenters. The van der Waals surface area contributed by atoms with Gasteiger partial charge in [0, 0.05) is 18.0 Å². The number of pyridine rings is 1. The Morgan fingerprint density at radius 1 is 0.971 bits per heavy atom. The summed E-state index contributed by atoms with van der Waals surface area (Å²) in [6, 6.07) is 10.2. The number of rotatable bonds is 8. The number of aromatic nitrogens is 1. The lowest BCUT2D eigenvalue weighted by molar-refractivity contribution is -0.239. The summed E-state index contributed by atoms with van der Waals surface area (Å²) in [6.45, 7) is -1.57. The van der Waals surface area contributed by atoms with E-state index < -0.39 is 51.6 Å². The molecule has 3 N–H and O–H groups in total. The summed E-state index contributed by atoms with van der Waals surface area (Å²) in [7, 11) is -4.09. The van der Waals surface area contributed by atoms with Crippen LogP contribution in [0.2, 0.25) is 0 Å². The summed E-state index contributed by atoms with van der Waals surface area (Å²) in [4.78, 5) is 15.3. The highest BCUT2D eigenvalue weighted by molar-refractivity contribution is 7.91. The molecular weight excluding hydrogens is 480 g/mol. The zero-order valence-electron chi connectivity index (χ0n) is 17.2. The molecule has 0 saturated heterocycles. The van der Waals surface area contributed by atoms with Crippen LogP contribution in [0.25, 0.3) is 0 Å². The SMILES string of the molecule is O=C(NCC(O)(C(F)F)C(F)(F)c1ccc(S(=O)(=O)c2ccncc2)cc1)c1ccccc1O. The van der Waals surface area contributed by atoms with Crippen LogP contribution >= 0.6 is 0 Å². The van der Waals surface area contributed by atoms with Crippen molar-refractivity contribution < 1.29 is 41.0 Å². The molecule has 0 fully saturated rings. The molecule has 180 valence electrons. The van der Waals surface area contributed by atoms with Crippen LogP contribution in [0, 0.1) is 0 Å². The molecule has 3 aromatic rings. The van der Waals surface area contributed by atoms with Crippen molar-refractivity contribution in [2.75, 3.05) is 6.54 Å². The number of alkyl halides is 4. The Balaban J connectivity index is 1.88. The van der Waals surface area contributed by atoms with Crippen molar-refractivity contribution in [1.29, 1.82) is 0 Å². The molecule has 0 aliphatic carbocycles. The number of phenolic OH excluding ortho intramolecular Hbond substituents is 1. The average Bonchev–Trinajstić information content (AvgIpc) is 2.83. The Bertz CT molecular complexity index is 1270. The fourth-order valence-corrected chi connectivity index (χ4v) is 4.29. The first-order chi connectivity index (χ1) is 15.9. The van der Waals surface area contributed by atoms with E-state index in [1.807, 2.05) is 0 Å². The average molecular weight is 498 g/mol. The minimum atomic E-state index is -4.61. The third-order valence-corrected chi connectivity index (χ3v) is 6.84. The lowest BCUT2D eigenvalue weighted by atomic mass is 9.89. The molecule has 2 aromatic carbocycles. The molecule has 0 saturated carbocycles. The number of carbonyl (C=O) groups is 1. The predicted molar refractivity (Wildman–Crippen MR) is 111 cm³/mol. The second-order valence-electron chi connectivity index (χ2n) is 7.21. The Labute approximate surface area is 191 Å². The van der Waals surface area contributed by atoms with E-state index in [1.54, 1.807) is 5.32 Å². The molecule has 0 bridgehead atoms. The maximum Gasteiger partial charge on any atom is 0.308 e. The molecule has 1 heterocycles. The van der Waals surface area contributed by atoms with Gasteiger partial charge in [-0.05, 0) is 36.4 Å². The summed E-state index contributed by atoms with van der Waals surface area (Å²) in [6.07, 6.45) is -1.56. The third-order valence-electron chi connectivity index (χ3n) is 5.06. The fraction of sp³-hybridized carbons (Fsp3) is 0.182. The number of phenols is 1. The van der Waals surface area contributed by atoms with Gasteiger partial charge in [-0.2, -0.15) is 8.78 Å². The second-order valence-corrected chi connectivity index (χ2v) is 9.16. The first kappa shape index (κ1) is 25.1. The van der Waals surface area contributed by atoms with Gasteiger partial charge in [-0.1, -0.05) is 24.3 Å². The molecule has 7 nitrogen and oxygen atoms in total. The van der Waals surface area contributed by atoms with Crippen LogP contribution in [-0.4, -0.2) is 48.1 Å². The number of aromatic hydroxyl groups is 1. The van der Waals surface area contributed by atoms with Gasteiger partial charge in [0.1, 0.15) is 5.75 Å². The Kier molecular flexibility index (Phi) is 6.94. The Hall–Kier alpha value is -3.51. The lowest BCUT2D eigenvalue weighted by Crippen LogP contribution is -2.58. The molecule has 1 amide bonds. The first-order valence-electron chi connectivity index (χ1n) is 9.61. The number of benzene rings is 2. The van der Waals surface area contributed by atoms with E-state index in [4.69, 9.17) is 0 Å². The highest BCUT2D eigenvalue weighted by atomic mass is 32.2. The van der Waals surface area contributed by atoms with Gasteiger partial charge in [-0.25, -0.2) is 17.2 Å². The normalized spacial score (nSPS) is 13.9. The van der Waals surface area contributed by atoms with E-state index in [-0.39, 0.29) is 15.4 Å². The molecule has 12 heteroatoms. The van der Waals surface area contributed by atoms with Crippen LogP contribution in [0.15, 0.2) is 82.8 Å². The van der Waals surface area contributed by atoms with E-state index in [1.165, 1.54) is 36.7 Å². The molecule has 0 aliphatic rings. The van der Waals surface area contributed by atoms with Gasteiger partial charge < -0.3 is 15.5 Å². The van der Waals surface area contributed by atoms with E-state index in [0.717, 1.165) is 24.3 Å². The summed E-state index contributed by atoms with van der Waals surface area (Å²) in [5.74, 6) is -6.28. The van der Waals surface area contributed by atoms with Gasteiger partial charge in [0.15, 0.2) is 0 Å². The number of nitrogens with one attached hydrogen (secondary N) is 1. The van der Waals surface area contributed by atoms with Crippen LogP contribution in [0.1, 0.15) is 15.9 Å². The molecule has 34 heavy (non-hydrogen) atoms. The minimum Gasteiger partial charge on any atom is -0.507 e. The van der Waals surface area contributed by atoms with Gasteiger partial charge >= 0.3 is 5.92 Å². The molecule has 0 aliphatic heterocycles. The number of halogens is 4. The lowest BCUT2D eigenvalue weighted by Gasteiger charge is -2.35. The highest BCUT2D eigenvalue weighted by Gasteiger charge is 2.60. The number of aliphatic hydroxyl groups is 1. The molecule has 1 atom stereocenters. The molecule has 0 radical (unpaired) electrons. The zero-order valence-corrected chi connectivity index (χ0v) is 18.0. The Morgan fingerprint density at radius 3 is 2.09 bits per heavy atom. The Morgan fingerprint density at radius 2 is 1.53 bits per heavy atom. The number of carbonyl (C=O) groups excluding carboxylic acids is 1. The standard InChI is InChI=1S/C22H18F4N2O5S/c23-20(24)21(31,13-28-19(30)17-3-1-2-4-18(17)29)22(25,26)14-5-7-15(8-6-14)34(32,33)16-9-11-27-12-10-16/h1-12,20,29,31H,13H2,(H,28,30). The van der Waals surface area contributed by atoms with Crippen LogP contribution < -0.4 is 5.32 Å². The first-order valence-corrected chi connectivity index (χ1v) is 11.1. The van der Waals surface area contributed by atoms with E-state index >= 15 is 8.78 Å². The second kappa shape index (κ2) is 9.39. The number of hydrogen-bond donors (Lipinski definition) is 3. The van der Waals surface area contributed by atoms with E-state index in [2.05, 4.69) is 4.98 Å². The predicted octanol–water partition coefficient (Wildman–Crippen LogP) is 3.14. The van der Waals surface area contributed by atoms with Crippen molar-refractivity contribution >= 4 is 15.7 Å². The summed E-state index contributed by atoms with van der Waals surface area (Å²) < 4.78 is 82.6. The van der Waals surface area contributed by atoms with E-state index in [0.29, 0.717) is 12.1 Å². The summed E-state index contributed by atoms with van der Waals surface area (Å²) >= 11 is 0. The third kappa shape index (κ3) is 4.59. The quantitative estimate of drug-likeness (QED) is 0.411. The molecule has 0 spiro atoms. The number of hydrogen-bond acceptors (Lipinski definition) is 6. The van der Waals surface area contributed by atoms with Crippen molar-refractivity contribution in [1.82, 2.24) is 10.3 Å². The topological polar surface area (TPSA) is 117 Å². The maximum atomic E-state index is 15.1. The van der Waals surface area contributed by atoms with Crippen LogP contribution in [0.5, 0.6) is 5.75 Å². The van der Waals surface area contributed by atoms with Crippen molar-refractivity contribution in [3.05, 3.63) is 84.2 Å². The number of sulfone groups is 1. The van der Waals surface area contributed by atoms with Crippen molar-refractivity contribution in [2.45, 2.75) is 27.7 Å². The zero-order chi connectivity index (χ0) is 25.1. The molecule has 1 aromatic heterocycles. The number of nitrogens with zero attached hydrogens (tertiary/aromatic N) is 1. The smallest absolute Gasteiger partial charge is 0.308 e. The van der Waals surface area contributed by atoms with Crippen molar-refractivity contribution in [3.63, 3.8) is 0 Å². The fourth-order valence-electron chi connectivity index (χ4n) is 3.05. The van der Waals surface area contributed by atoms with E-state index in [9.17, 15) is 32.2 Å². The number of amides is 1. The van der Waals surface area contributed by atoms with Gasteiger partial charge in [0.2, 0.25) is 15.4 Å². The van der Waals surface area contributed by atoms with Gasteiger partial charge in [0.25, 0.3) is 12.3 Å². The van der Waals surface area contributed by atoms with Crippen LogP contribution in [0.3, 0.4) is 0 Å². The minimum absolute atomic E-state index is 0.155. The number of para-hydroxylation sites is 1. The maximum absolute atomic E-state index is 15.1. The largest absolute Gasteiger partial charge is 0.507 e. The summed E-state index contributed by atoms with van der Waals surface area (Å²) in [5, 5.41) is 21.7. The highest BCUT2D eigenvalue weighted by Crippen LogP contribution is 2.42. The monoisotopic (exact) mass is 498 g/mol. The van der Waals surface area contributed by atoms with Gasteiger partial charge in [-0.3, -0.25) is 9.78 Å². The van der Waals surface area contributed by atoms with Crippen molar-refractivity contribution in [2.24, 2.45) is 0 Å². The van der Waals surface area contributed by atoms with Crippen molar-refractivity contribution in [3.8, 4) is 5.75 Å². The van der Waals surface area contributed by atoms with Crippen LogP contribution in [0.4, 0.5) is 17.6 Å².